The van der Waals surface area contributed by atoms with Crippen LogP contribution < -0.4 is 10.1 Å². The summed E-state index contributed by atoms with van der Waals surface area (Å²) in [6.07, 6.45) is 0. The zero-order valence-corrected chi connectivity index (χ0v) is 13.6. The molecule has 0 aromatic heterocycles. The number of rotatable bonds is 6. The Balaban J connectivity index is 1.84. The van der Waals surface area contributed by atoms with Gasteiger partial charge in [0.25, 0.3) is 5.91 Å². The lowest BCUT2D eigenvalue weighted by molar-refractivity contribution is 0.0947. The zero-order chi connectivity index (χ0) is 15.9. The van der Waals surface area contributed by atoms with E-state index in [4.69, 9.17) is 16.3 Å². The number of carbonyl (C=O) groups excluding carboxylic acids is 1. The van der Waals surface area contributed by atoms with Crippen LogP contribution in [0, 0.1) is 0 Å². The summed E-state index contributed by atoms with van der Waals surface area (Å²) in [7, 11) is 0. The van der Waals surface area contributed by atoms with Crippen molar-refractivity contribution in [2.45, 2.75) is 19.8 Å². The highest BCUT2D eigenvalue weighted by molar-refractivity contribution is 6.30. The molecule has 2 aromatic carbocycles. The first-order valence-electron chi connectivity index (χ1n) is 7.33. The van der Waals surface area contributed by atoms with Crippen molar-refractivity contribution >= 4 is 17.5 Å². The van der Waals surface area contributed by atoms with Gasteiger partial charge in [0.15, 0.2) is 0 Å². The quantitative estimate of drug-likeness (QED) is 0.808. The first-order chi connectivity index (χ1) is 10.6. The summed E-state index contributed by atoms with van der Waals surface area (Å²) in [5.41, 5.74) is 1.72. The van der Waals surface area contributed by atoms with Crippen molar-refractivity contribution < 1.29 is 9.53 Å². The SMILES string of the molecule is CC(C)c1ccccc1OCCNC(=O)c1cccc(Cl)c1. The van der Waals surface area contributed by atoms with Crippen LogP contribution in [0.5, 0.6) is 5.75 Å². The van der Waals surface area contributed by atoms with E-state index in [0.29, 0.717) is 29.7 Å². The van der Waals surface area contributed by atoms with Crippen molar-refractivity contribution in [1.82, 2.24) is 5.32 Å². The number of para-hydroxylation sites is 1. The molecule has 1 amide bonds. The zero-order valence-electron chi connectivity index (χ0n) is 12.8. The first-order valence-corrected chi connectivity index (χ1v) is 7.71. The minimum atomic E-state index is -0.150. The molecule has 0 aliphatic rings. The fourth-order valence-electron chi connectivity index (χ4n) is 2.15. The van der Waals surface area contributed by atoms with Crippen molar-refractivity contribution in [3.63, 3.8) is 0 Å². The average Bonchev–Trinajstić information content (AvgIpc) is 2.51. The van der Waals surface area contributed by atoms with Gasteiger partial charge in [0.2, 0.25) is 0 Å². The van der Waals surface area contributed by atoms with Crippen LogP contribution in [0.2, 0.25) is 5.02 Å². The second-order valence-corrected chi connectivity index (χ2v) is 5.74. The highest BCUT2D eigenvalue weighted by atomic mass is 35.5. The van der Waals surface area contributed by atoms with Gasteiger partial charge in [-0.05, 0) is 35.7 Å². The lowest BCUT2D eigenvalue weighted by atomic mass is 10.0. The molecule has 1 N–H and O–H groups in total. The van der Waals surface area contributed by atoms with Crippen molar-refractivity contribution in [3.8, 4) is 5.75 Å². The predicted molar refractivity (Wildman–Crippen MR) is 89.8 cm³/mol. The molecule has 116 valence electrons. The highest BCUT2D eigenvalue weighted by Crippen LogP contribution is 2.25. The smallest absolute Gasteiger partial charge is 0.251 e. The standard InChI is InChI=1S/C18H20ClNO2/c1-13(2)16-8-3-4-9-17(16)22-11-10-20-18(21)14-6-5-7-15(19)12-14/h3-9,12-13H,10-11H2,1-2H3,(H,20,21). The molecule has 0 saturated heterocycles. The molecule has 3 nitrogen and oxygen atoms in total. The van der Waals surface area contributed by atoms with Gasteiger partial charge in [-0.3, -0.25) is 4.79 Å². The van der Waals surface area contributed by atoms with E-state index in [-0.39, 0.29) is 5.91 Å². The highest BCUT2D eigenvalue weighted by Gasteiger charge is 2.08. The lowest BCUT2D eigenvalue weighted by Crippen LogP contribution is -2.28. The predicted octanol–water partition coefficient (Wildman–Crippen LogP) is 4.27. The Hall–Kier alpha value is -2.00. The summed E-state index contributed by atoms with van der Waals surface area (Å²) in [5.74, 6) is 1.12. The molecule has 0 aliphatic carbocycles. The van der Waals surface area contributed by atoms with Gasteiger partial charge in [-0.1, -0.05) is 49.7 Å². The van der Waals surface area contributed by atoms with Crippen molar-refractivity contribution in [2.24, 2.45) is 0 Å². The third-order valence-electron chi connectivity index (χ3n) is 3.27. The minimum absolute atomic E-state index is 0.150. The van der Waals surface area contributed by atoms with Crippen LogP contribution in [0.15, 0.2) is 48.5 Å². The molecule has 0 fully saturated rings. The molecule has 0 aliphatic heterocycles. The Morgan fingerprint density at radius 3 is 2.68 bits per heavy atom. The number of benzene rings is 2. The van der Waals surface area contributed by atoms with Gasteiger partial charge in [0.1, 0.15) is 12.4 Å². The van der Waals surface area contributed by atoms with Gasteiger partial charge in [0.05, 0.1) is 6.54 Å². The van der Waals surface area contributed by atoms with Crippen LogP contribution >= 0.6 is 11.6 Å². The maximum atomic E-state index is 12.0. The van der Waals surface area contributed by atoms with Crippen LogP contribution in [-0.4, -0.2) is 19.1 Å². The number of amides is 1. The van der Waals surface area contributed by atoms with Crippen LogP contribution in [0.4, 0.5) is 0 Å². The van der Waals surface area contributed by atoms with E-state index in [1.807, 2.05) is 18.2 Å². The van der Waals surface area contributed by atoms with E-state index in [1.165, 1.54) is 5.56 Å². The summed E-state index contributed by atoms with van der Waals surface area (Å²) in [5, 5.41) is 3.37. The molecule has 0 radical (unpaired) electrons. The Kier molecular flexibility index (Phi) is 5.84. The molecule has 0 atom stereocenters. The van der Waals surface area contributed by atoms with E-state index >= 15 is 0 Å². The molecule has 4 heteroatoms. The molecule has 0 bridgehead atoms. The molecule has 2 rings (SSSR count). The number of hydrogen-bond acceptors (Lipinski definition) is 2. The molecule has 0 spiro atoms. The molecule has 22 heavy (non-hydrogen) atoms. The van der Waals surface area contributed by atoms with Crippen LogP contribution in [0.25, 0.3) is 0 Å². The number of hydrogen-bond donors (Lipinski definition) is 1. The summed E-state index contributed by atoms with van der Waals surface area (Å²) in [4.78, 5) is 12.0. The summed E-state index contributed by atoms with van der Waals surface area (Å²) < 4.78 is 5.77. The van der Waals surface area contributed by atoms with E-state index < -0.39 is 0 Å². The lowest BCUT2D eigenvalue weighted by Gasteiger charge is -2.14. The Labute approximate surface area is 136 Å². The molecule has 2 aromatic rings. The second kappa shape index (κ2) is 7.85. The Morgan fingerprint density at radius 2 is 1.95 bits per heavy atom. The van der Waals surface area contributed by atoms with Crippen LogP contribution in [0.1, 0.15) is 35.7 Å². The maximum absolute atomic E-state index is 12.0. The first kappa shape index (κ1) is 16.4. The van der Waals surface area contributed by atoms with Gasteiger partial charge in [-0.2, -0.15) is 0 Å². The fourth-order valence-corrected chi connectivity index (χ4v) is 2.34. The van der Waals surface area contributed by atoms with Gasteiger partial charge in [-0.25, -0.2) is 0 Å². The molecule has 0 heterocycles. The number of carbonyl (C=O) groups is 1. The topological polar surface area (TPSA) is 38.3 Å². The van der Waals surface area contributed by atoms with Gasteiger partial charge in [-0.15, -0.1) is 0 Å². The fraction of sp³-hybridized carbons (Fsp3) is 0.278. The Bertz CT molecular complexity index is 640. The normalized spacial score (nSPS) is 10.5. The molecule has 0 saturated carbocycles. The van der Waals surface area contributed by atoms with Crippen molar-refractivity contribution in [2.75, 3.05) is 13.2 Å². The number of nitrogens with one attached hydrogen (secondary N) is 1. The average molecular weight is 318 g/mol. The molecular formula is C18H20ClNO2. The number of halogens is 1. The summed E-state index contributed by atoms with van der Waals surface area (Å²) >= 11 is 5.87. The second-order valence-electron chi connectivity index (χ2n) is 5.31. The van der Waals surface area contributed by atoms with Crippen molar-refractivity contribution in [3.05, 3.63) is 64.7 Å². The largest absolute Gasteiger partial charge is 0.491 e. The molecular weight excluding hydrogens is 298 g/mol. The van der Waals surface area contributed by atoms with Gasteiger partial charge < -0.3 is 10.1 Å². The van der Waals surface area contributed by atoms with Gasteiger partial charge in [0, 0.05) is 10.6 Å². The van der Waals surface area contributed by atoms with Crippen molar-refractivity contribution in [1.29, 1.82) is 0 Å². The third-order valence-corrected chi connectivity index (χ3v) is 3.51. The van der Waals surface area contributed by atoms with E-state index in [2.05, 4.69) is 25.2 Å². The Morgan fingerprint density at radius 1 is 1.18 bits per heavy atom. The van der Waals surface area contributed by atoms with Crippen LogP contribution in [0.3, 0.4) is 0 Å². The minimum Gasteiger partial charge on any atom is -0.491 e. The maximum Gasteiger partial charge on any atom is 0.251 e. The monoisotopic (exact) mass is 317 g/mol. The van der Waals surface area contributed by atoms with Gasteiger partial charge >= 0.3 is 0 Å². The third kappa shape index (κ3) is 4.50. The van der Waals surface area contributed by atoms with E-state index in [1.54, 1.807) is 24.3 Å². The summed E-state index contributed by atoms with van der Waals surface area (Å²) in [6.45, 7) is 5.13. The van der Waals surface area contributed by atoms with Crippen LogP contribution in [-0.2, 0) is 0 Å². The van der Waals surface area contributed by atoms with E-state index in [9.17, 15) is 4.79 Å². The summed E-state index contributed by atoms with van der Waals surface area (Å²) in [6, 6.07) is 14.8. The number of ether oxygens (including phenoxy) is 1. The molecule has 0 unspecified atom stereocenters. The van der Waals surface area contributed by atoms with E-state index in [0.717, 1.165) is 5.75 Å².